The number of nitrogens with zero attached hydrogens (tertiary/aromatic N) is 3. The highest BCUT2D eigenvalue weighted by Gasteiger charge is 2.24. The number of terminal acetylenes is 1. The Balaban J connectivity index is 3.16. The van der Waals surface area contributed by atoms with Crippen LogP contribution in [-0.2, 0) is 11.3 Å². The van der Waals surface area contributed by atoms with Crippen molar-refractivity contribution in [2.45, 2.75) is 19.9 Å². The van der Waals surface area contributed by atoms with Gasteiger partial charge in [-0.05, 0) is 6.42 Å². The van der Waals surface area contributed by atoms with E-state index in [0.717, 1.165) is 11.0 Å². The molecule has 1 heterocycles. The van der Waals surface area contributed by atoms with Gasteiger partial charge in [-0.2, -0.15) is 0 Å². The van der Waals surface area contributed by atoms with Crippen molar-refractivity contribution < 1.29 is 19.6 Å². The summed E-state index contributed by atoms with van der Waals surface area (Å²) in [5.41, 5.74) is -0.164. The van der Waals surface area contributed by atoms with Gasteiger partial charge in [0.2, 0.25) is 0 Å². The van der Waals surface area contributed by atoms with Crippen LogP contribution in [0.3, 0.4) is 0 Å². The van der Waals surface area contributed by atoms with Gasteiger partial charge in [-0.3, -0.25) is 19.7 Å². The quantitative estimate of drug-likeness (QED) is 0.458. The third-order valence-electron chi connectivity index (χ3n) is 2.67. The summed E-state index contributed by atoms with van der Waals surface area (Å²) in [6.07, 6.45) is 7.04. The highest BCUT2D eigenvalue weighted by Crippen LogP contribution is 2.18. The lowest BCUT2D eigenvalue weighted by atomic mass is 10.3. The summed E-state index contributed by atoms with van der Waals surface area (Å²) in [6, 6.07) is 1.13. The number of amides is 1. The van der Waals surface area contributed by atoms with Gasteiger partial charge in [0.15, 0.2) is 0 Å². The van der Waals surface area contributed by atoms with Gasteiger partial charge in [0.25, 0.3) is 11.6 Å². The fourth-order valence-corrected chi connectivity index (χ4v) is 1.83. The average molecular weight is 293 g/mol. The van der Waals surface area contributed by atoms with Crippen LogP contribution in [0.2, 0.25) is 0 Å². The van der Waals surface area contributed by atoms with Gasteiger partial charge < -0.3 is 14.6 Å². The normalized spacial score (nSPS) is 9.90. The van der Waals surface area contributed by atoms with Gasteiger partial charge in [-0.25, -0.2) is 0 Å². The molecule has 0 bridgehead atoms. The molecule has 21 heavy (non-hydrogen) atoms. The molecule has 1 aromatic heterocycles. The molecule has 1 aromatic rings. The zero-order chi connectivity index (χ0) is 16.0. The molecule has 8 heteroatoms. The van der Waals surface area contributed by atoms with Gasteiger partial charge in [0.1, 0.15) is 12.2 Å². The molecule has 0 spiro atoms. The Morgan fingerprint density at radius 3 is 2.71 bits per heavy atom. The van der Waals surface area contributed by atoms with Gasteiger partial charge in [-0.1, -0.05) is 12.8 Å². The maximum atomic E-state index is 12.3. The summed E-state index contributed by atoms with van der Waals surface area (Å²) in [7, 11) is 0. The number of hydrogen-bond acceptors (Lipinski definition) is 4. The number of carboxylic acids is 1. The van der Waals surface area contributed by atoms with Gasteiger partial charge >= 0.3 is 5.97 Å². The average Bonchev–Trinajstić information content (AvgIpc) is 2.81. The van der Waals surface area contributed by atoms with Crippen LogP contribution in [0.15, 0.2) is 12.3 Å². The van der Waals surface area contributed by atoms with Crippen LogP contribution in [0.5, 0.6) is 0 Å². The molecular weight excluding hydrogens is 278 g/mol. The van der Waals surface area contributed by atoms with Crippen molar-refractivity contribution in [2.24, 2.45) is 0 Å². The minimum atomic E-state index is -1.21. The number of aliphatic carboxylic acids is 1. The van der Waals surface area contributed by atoms with E-state index in [9.17, 15) is 19.7 Å². The summed E-state index contributed by atoms with van der Waals surface area (Å²) < 4.78 is 1.44. The molecule has 0 radical (unpaired) electrons. The molecule has 8 nitrogen and oxygen atoms in total. The third kappa shape index (κ3) is 4.07. The summed E-state index contributed by atoms with van der Waals surface area (Å²) >= 11 is 0. The topological polar surface area (TPSA) is 106 Å². The molecule has 0 saturated carbocycles. The van der Waals surface area contributed by atoms with E-state index in [-0.39, 0.29) is 17.9 Å². The number of nitro groups is 1. The Hall–Kier alpha value is -2.82. The number of carboxylic acid groups (broad SMARTS) is 1. The second-order valence-corrected chi connectivity index (χ2v) is 4.29. The van der Waals surface area contributed by atoms with Crippen LogP contribution < -0.4 is 0 Å². The van der Waals surface area contributed by atoms with Crippen molar-refractivity contribution in [1.29, 1.82) is 0 Å². The number of hydrogen-bond donors (Lipinski definition) is 1. The summed E-state index contributed by atoms with van der Waals surface area (Å²) in [4.78, 5) is 34.2. The van der Waals surface area contributed by atoms with Gasteiger partial charge in [0, 0.05) is 12.6 Å². The first-order chi connectivity index (χ1) is 9.90. The molecule has 1 N–H and O–H groups in total. The maximum absolute atomic E-state index is 12.3. The molecule has 0 aliphatic carbocycles. The van der Waals surface area contributed by atoms with Crippen LogP contribution in [0.25, 0.3) is 0 Å². The summed E-state index contributed by atoms with van der Waals surface area (Å²) in [5, 5.41) is 19.6. The van der Waals surface area contributed by atoms with Crippen molar-refractivity contribution in [3.63, 3.8) is 0 Å². The van der Waals surface area contributed by atoms with Crippen LogP contribution in [0.1, 0.15) is 23.8 Å². The van der Waals surface area contributed by atoms with Crippen LogP contribution in [0, 0.1) is 22.5 Å². The molecule has 112 valence electrons. The lowest BCUT2D eigenvalue weighted by Gasteiger charge is -2.18. The molecule has 0 aliphatic heterocycles. The van der Waals surface area contributed by atoms with E-state index < -0.39 is 23.3 Å². The molecule has 0 unspecified atom stereocenters. The first kappa shape index (κ1) is 16.2. The van der Waals surface area contributed by atoms with E-state index in [1.54, 1.807) is 0 Å². The Kier molecular flexibility index (Phi) is 5.48. The molecule has 0 atom stereocenters. The molecule has 0 fully saturated rings. The zero-order valence-corrected chi connectivity index (χ0v) is 11.5. The zero-order valence-electron chi connectivity index (χ0n) is 11.5. The van der Waals surface area contributed by atoms with Crippen molar-refractivity contribution in [3.8, 4) is 12.3 Å². The summed E-state index contributed by atoms with van der Waals surface area (Å²) in [5.74, 6) is 0.355. The standard InChI is InChI=1S/C13H15N3O5/c1-3-5-14-8-10(16(20)21)7-11(14)13(19)15(6-4-2)9-12(17)18/h2,7-8H,3,5-6,9H2,1H3,(H,17,18). The molecular formula is C13H15N3O5. The van der Waals surface area contributed by atoms with E-state index >= 15 is 0 Å². The van der Waals surface area contributed by atoms with E-state index in [2.05, 4.69) is 5.92 Å². The highest BCUT2D eigenvalue weighted by molar-refractivity contribution is 5.95. The lowest BCUT2D eigenvalue weighted by Crippen LogP contribution is -2.37. The van der Waals surface area contributed by atoms with Crippen molar-refractivity contribution in [1.82, 2.24) is 9.47 Å². The predicted octanol–water partition coefficient (Wildman–Crippen LogP) is 0.966. The lowest BCUT2D eigenvalue weighted by molar-refractivity contribution is -0.384. The molecule has 0 aliphatic rings. The minimum Gasteiger partial charge on any atom is -0.480 e. The number of carbonyl (C=O) groups is 2. The van der Waals surface area contributed by atoms with Crippen molar-refractivity contribution in [3.05, 3.63) is 28.1 Å². The maximum Gasteiger partial charge on any atom is 0.323 e. The third-order valence-corrected chi connectivity index (χ3v) is 2.67. The van der Waals surface area contributed by atoms with Crippen LogP contribution >= 0.6 is 0 Å². The number of aromatic nitrogens is 1. The van der Waals surface area contributed by atoms with Crippen LogP contribution in [-0.4, -0.2) is 44.5 Å². The SMILES string of the molecule is C#CCN(CC(=O)O)C(=O)c1cc([N+](=O)[O-])cn1CCC. The Morgan fingerprint density at radius 1 is 1.57 bits per heavy atom. The number of aryl methyl sites for hydroxylation is 1. The fraction of sp³-hybridized carbons (Fsp3) is 0.385. The van der Waals surface area contributed by atoms with Crippen molar-refractivity contribution >= 4 is 17.6 Å². The monoisotopic (exact) mass is 293 g/mol. The number of rotatable bonds is 7. The molecule has 0 aromatic carbocycles. The second kappa shape index (κ2) is 7.09. The largest absolute Gasteiger partial charge is 0.480 e. The van der Waals surface area contributed by atoms with E-state index in [0.29, 0.717) is 13.0 Å². The fourth-order valence-electron chi connectivity index (χ4n) is 1.83. The molecule has 1 rings (SSSR count). The Labute approximate surface area is 121 Å². The Bertz CT molecular complexity index is 599. The Morgan fingerprint density at radius 2 is 2.24 bits per heavy atom. The summed E-state index contributed by atoms with van der Waals surface area (Å²) in [6.45, 7) is 1.52. The van der Waals surface area contributed by atoms with Crippen LogP contribution in [0.4, 0.5) is 5.69 Å². The van der Waals surface area contributed by atoms with E-state index in [1.807, 2.05) is 6.92 Å². The van der Waals surface area contributed by atoms with Gasteiger partial charge in [0.05, 0.1) is 17.7 Å². The molecule has 1 amide bonds. The second-order valence-electron chi connectivity index (χ2n) is 4.29. The van der Waals surface area contributed by atoms with Crippen molar-refractivity contribution in [2.75, 3.05) is 13.1 Å². The minimum absolute atomic E-state index is 0.0556. The van der Waals surface area contributed by atoms with Gasteiger partial charge in [-0.15, -0.1) is 6.42 Å². The number of carbonyl (C=O) groups excluding carboxylic acids is 1. The predicted molar refractivity (Wildman–Crippen MR) is 73.7 cm³/mol. The molecule has 0 saturated heterocycles. The van der Waals surface area contributed by atoms with E-state index in [4.69, 9.17) is 11.5 Å². The highest BCUT2D eigenvalue weighted by atomic mass is 16.6. The van der Waals surface area contributed by atoms with E-state index in [1.165, 1.54) is 10.8 Å². The first-order valence-electron chi connectivity index (χ1n) is 6.19. The smallest absolute Gasteiger partial charge is 0.323 e. The first-order valence-corrected chi connectivity index (χ1v) is 6.19.